The van der Waals surface area contributed by atoms with E-state index in [0.717, 1.165) is 23.1 Å². The fourth-order valence-corrected chi connectivity index (χ4v) is 3.14. The topological polar surface area (TPSA) is 98.0 Å². The molecule has 0 bridgehead atoms. The van der Waals surface area contributed by atoms with Gasteiger partial charge in [-0.3, -0.25) is 9.59 Å². The maximum atomic E-state index is 12.8. The van der Waals surface area contributed by atoms with Crippen LogP contribution in [0.5, 0.6) is 5.75 Å². The predicted molar refractivity (Wildman–Crippen MR) is 118 cm³/mol. The number of thioether (sulfide) groups is 1. The first kappa shape index (κ1) is 24.7. The molecule has 10 heteroatoms. The molecule has 0 aliphatic heterocycles. The Hall–Kier alpha value is -2.59. The van der Waals surface area contributed by atoms with Gasteiger partial charge >= 0.3 is 5.97 Å². The average molecular weight is 451 g/mol. The van der Waals surface area contributed by atoms with E-state index in [1.54, 1.807) is 40.0 Å². The molecule has 9 nitrogen and oxygen atoms in total. The number of hydrogen-bond acceptors (Lipinski definition) is 9. The van der Waals surface area contributed by atoms with Crippen LogP contribution in [0.25, 0.3) is 11.5 Å². The Morgan fingerprint density at radius 3 is 2.35 bits per heavy atom. The number of likely N-dealkylation sites (N-methyl/N-ethyl adjacent to an activating group) is 1. The van der Waals surface area contributed by atoms with Crippen LogP contribution in [0, 0.1) is 0 Å². The van der Waals surface area contributed by atoms with E-state index in [-0.39, 0.29) is 23.4 Å². The molecule has 0 saturated heterocycles. The minimum absolute atomic E-state index is 0.0699. The van der Waals surface area contributed by atoms with Crippen molar-refractivity contribution in [3.63, 3.8) is 0 Å². The number of esters is 1. The van der Waals surface area contributed by atoms with Gasteiger partial charge in [0.2, 0.25) is 11.8 Å². The van der Waals surface area contributed by atoms with Crippen molar-refractivity contribution in [2.24, 2.45) is 0 Å². The van der Waals surface area contributed by atoms with Crippen molar-refractivity contribution >= 4 is 23.6 Å². The Morgan fingerprint density at radius 1 is 1.10 bits per heavy atom. The molecule has 0 aliphatic rings. The molecule has 0 radical (unpaired) electrons. The summed E-state index contributed by atoms with van der Waals surface area (Å²) in [7, 11) is 5.41. The van der Waals surface area contributed by atoms with Crippen molar-refractivity contribution in [2.75, 3.05) is 46.6 Å². The standard InChI is InChI=1S/C21H30N4O5S/c1-21(2,3)30-18(27)13-25(12-11-24(4)5)17(26)14-31-20-23-22-19(29-20)15-7-9-16(28-6)10-8-15/h7-10H,11-14H2,1-6H3. The number of hydrogen-bond donors (Lipinski definition) is 0. The van der Waals surface area contributed by atoms with Gasteiger partial charge in [0, 0.05) is 18.7 Å². The van der Waals surface area contributed by atoms with Gasteiger partial charge in [-0.2, -0.15) is 0 Å². The third kappa shape index (κ3) is 8.58. The van der Waals surface area contributed by atoms with E-state index in [9.17, 15) is 9.59 Å². The summed E-state index contributed by atoms with van der Waals surface area (Å²) < 4.78 is 16.1. The van der Waals surface area contributed by atoms with Gasteiger partial charge in [0.25, 0.3) is 5.22 Å². The maximum Gasteiger partial charge on any atom is 0.326 e. The van der Waals surface area contributed by atoms with Crippen LogP contribution in [-0.2, 0) is 14.3 Å². The molecule has 2 aromatic rings. The second-order valence-corrected chi connectivity index (χ2v) is 9.02. The number of carbonyl (C=O) groups excluding carboxylic acids is 2. The molecule has 1 heterocycles. The molecule has 170 valence electrons. The molecule has 0 aliphatic carbocycles. The monoisotopic (exact) mass is 450 g/mol. The number of benzene rings is 1. The number of ether oxygens (including phenoxy) is 2. The van der Waals surface area contributed by atoms with Crippen molar-refractivity contribution in [3.05, 3.63) is 24.3 Å². The van der Waals surface area contributed by atoms with E-state index >= 15 is 0 Å². The Morgan fingerprint density at radius 2 is 1.77 bits per heavy atom. The summed E-state index contributed by atoms with van der Waals surface area (Å²) in [4.78, 5) is 28.4. The third-order valence-corrected chi connectivity index (χ3v) is 4.78. The number of amides is 1. The molecular formula is C21H30N4O5S. The van der Waals surface area contributed by atoms with Crippen molar-refractivity contribution in [1.29, 1.82) is 0 Å². The fraction of sp³-hybridized carbons (Fsp3) is 0.524. The highest BCUT2D eigenvalue weighted by molar-refractivity contribution is 7.99. The highest BCUT2D eigenvalue weighted by Gasteiger charge is 2.23. The highest BCUT2D eigenvalue weighted by Crippen LogP contribution is 2.25. The molecule has 2 rings (SSSR count). The van der Waals surface area contributed by atoms with Gasteiger partial charge in [-0.15, -0.1) is 10.2 Å². The Labute approximate surface area is 187 Å². The van der Waals surface area contributed by atoms with E-state index in [2.05, 4.69) is 10.2 Å². The van der Waals surface area contributed by atoms with Crippen molar-refractivity contribution in [1.82, 2.24) is 20.0 Å². The molecule has 0 N–H and O–H groups in total. The van der Waals surface area contributed by atoms with Crippen LogP contribution in [0.2, 0.25) is 0 Å². The van der Waals surface area contributed by atoms with E-state index in [4.69, 9.17) is 13.9 Å². The molecular weight excluding hydrogens is 420 g/mol. The normalized spacial score (nSPS) is 11.5. The van der Waals surface area contributed by atoms with Gasteiger partial charge in [-0.25, -0.2) is 0 Å². The molecule has 0 fully saturated rings. The second-order valence-electron chi connectivity index (χ2n) is 8.10. The summed E-state index contributed by atoms with van der Waals surface area (Å²) in [5, 5.41) is 8.30. The summed E-state index contributed by atoms with van der Waals surface area (Å²) in [5.74, 6) is 0.508. The molecule has 1 aromatic carbocycles. The Bertz CT molecular complexity index is 861. The smallest absolute Gasteiger partial charge is 0.326 e. The zero-order valence-electron chi connectivity index (χ0n) is 18.9. The highest BCUT2D eigenvalue weighted by atomic mass is 32.2. The summed E-state index contributed by atoms with van der Waals surface area (Å²) in [6.45, 7) is 6.31. The minimum Gasteiger partial charge on any atom is -0.497 e. The van der Waals surface area contributed by atoms with Gasteiger partial charge in [-0.1, -0.05) is 11.8 Å². The van der Waals surface area contributed by atoms with Crippen LogP contribution >= 0.6 is 11.8 Å². The second kappa shape index (κ2) is 11.1. The molecule has 0 spiro atoms. The van der Waals surface area contributed by atoms with Crippen LogP contribution in [0.4, 0.5) is 0 Å². The van der Waals surface area contributed by atoms with Crippen molar-refractivity contribution in [2.45, 2.75) is 31.6 Å². The zero-order chi connectivity index (χ0) is 23.0. The van der Waals surface area contributed by atoms with Crippen LogP contribution in [0.15, 0.2) is 33.9 Å². The average Bonchev–Trinajstić information content (AvgIpc) is 3.17. The van der Waals surface area contributed by atoms with Gasteiger partial charge in [0.05, 0.1) is 12.9 Å². The lowest BCUT2D eigenvalue weighted by Crippen LogP contribution is -2.42. The number of carbonyl (C=O) groups is 2. The minimum atomic E-state index is -0.607. The number of nitrogens with zero attached hydrogens (tertiary/aromatic N) is 4. The number of methoxy groups -OCH3 is 1. The lowest BCUT2D eigenvalue weighted by Gasteiger charge is -2.26. The Kier molecular flexibility index (Phi) is 8.88. The first-order chi connectivity index (χ1) is 14.6. The van der Waals surface area contributed by atoms with Crippen molar-refractivity contribution in [3.8, 4) is 17.2 Å². The molecule has 0 unspecified atom stereocenters. The third-order valence-electron chi connectivity index (χ3n) is 3.97. The Balaban J connectivity index is 1.97. The molecule has 0 saturated carbocycles. The van der Waals surface area contributed by atoms with E-state index in [0.29, 0.717) is 19.0 Å². The zero-order valence-corrected chi connectivity index (χ0v) is 19.7. The molecule has 31 heavy (non-hydrogen) atoms. The molecule has 1 aromatic heterocycles. The van der Waals surface area contributed by atoms with E-state index in [1.165, 1.54) is 4.90 Å². The van der Waals surface area contributed by atoms with E-state index < -0.39 is 11.6 Å². The van der Waals surface area contributed by atoms with E-state index in [1.807, 2.05) is 31.1 Å². The van der Waals surface area contributed by atoms with Gasteiger partial charge in [0.1, 0.15) is 17.9 Å². The van der Waals surface area contributed by atoms with Gasteiger partial charge in [-0.05, 0) is 59.1 Å². The first-order valence-corrected chi connectivity index (χ1v) is 10.8. The van der Waals surface area contributed by atoms with Crippen LogP contribution in [0.1, 0.15) is 20.8 Å². The van der Waals surface area contributed by atoms with Crippen LogP contribution in [-0.4, -0.2) is 84.1 Å². The lowest BCUT2D eigenvalue weighted by atomic mass is 10.2. The molecule has 0 atom stereocenters. The number of aromatic nitrogens is 2. The molecule has 1 amide bonds. The lowest BCUT2D eigenvalue weighted by molar-refractivity contribution is -0.158. The fourth-order valence-electron chi connectivity index (χ4n) is 2.48. The number of rotatable bonds is 10. The quantitative estimate of drug-likeness (QED) is 0.399. The van der Waals surface area contributed by atoms with Crippen LogP contribution < -0.4 is 4.74 Å². The summed E-state index contributed by atoms with van der Waals surface area (Å²) in [6, 6.07) is 7.23. The summed E-state index contributed by atoms with van der Waals surface area (Å²) in [5.41, 5.74) is 0.146. The predicted octanol–water partition coefficient (Wildman–Crippen LogP) is 2.57. The maximum absolute atomic E-state index is 12.8. The first-order valence-electron chi connectivity index (χ1n) is 9.82. The summed E-state index contributed by atoms with van der Waals surface area (Å²) >= 11 is 1.13. The van der Waals surface area contributed by atoms with Gasteiger partial charge < -0.3 is 23.7 Å². The van der Waals surface area contributed by atoms with Crippen molar-refractivity contribution < 1.29 is 23.5 Å². The SMILES string of the molecule is COc1ccc(-c2nnc(SCC(=O)N(CCN(C)C)CC(=O)OC(C)(C)C)o2)cc1. The van der Waals surface area contributed by atoms with Gasteiger partial charge in [0.15, 0.2) is 0 Å². The summed E-state index contributed by atoms with van der Waals surface area (Å²) in [6.07, 6.45) is 0. The van der Waals surface area contributed by atoms with Crippen LogP contribution in [0.3, 0.4) is 0 Å². The largest absolute Gasteiger partial charge is 0.497 e.